The first kappa shape index (κ1) is 37.5. The van der Waals surface area contributed by atoms with Gasteiger partial charge in [0.1, 0.15) is 5.00 Å². The highest BCUT2D eigenvalue weighted by molar-refractivity contribution is 7.14. The van der Waals surface area contributed by atoms with E-state index in [0.29, 0.717) is 6.67 Å². The van der Waals surface area contributed by atoms with Crippen LogP contribution in [0.3, 0.4) is 0 Å². The van der Waals surface area contributed by atoms with Gasteiger partial charge in [-0.2, -0.15) is 0 Å². The third-order valence-electron chi connectivity index (χ3n) is 11.2. The highest BCUT2D eigenvalue weighted by atomic mass is 32.1. The predicted octanol–water partition coefficient (Wildman–Crippen LogP) is 14.6. The molecule has 0 aliphatic carbocycles. The smallest absolute Gasteiger partial charge is 0.118 e. The molecule has 5 heteroatoms. The molecule has 10 rings (SSSR count). The van der Waals surface area contributed by atoms with Gasteiger partial charge in [-0.15, -0.1) is 11.3 Å². The standard InChI is InChI=1S/C32H27N3.C22H17NS/c1-3-5-10-24(4-2)35-31-14-9-7-12-26(31)28-20-23(16-18-32(28)35)22-15-17-30-27(19-22)25-11-6-8-13-29(25)34(30)21-33;1-23-22-18(13-14-24-22)15-17-8-3-5-11-20(17)21-12-6-9-16-7-2-4-10-19(16)21/h3-20H,2,21,33H2,1H3;2-14H,1,15H2/b5-3-,24-10+;. The second kappa shape index (κ2) is 16.4. The van der Waals surface area contributed by atoms with Crippen LogP contribution >= 0.6 is 11.3 Å². The molecule has 0 atom stereocenters. The maximum absolute atomic E-state index is 6.10. The van der Waals surface area contributed by atoms with Gasteiger partial charge in [-0.1, -0.05) is 134 Å². The third kappa shape index (κ3) is 6.91. The number of hydrogen-bond acceptors (Lipinski definition) is 3. The van der Waals surface area contributed by atoms with Crippen molar-refractivity contribution in [1.82, 2.24) is 9.13 Å². The molecule has 0 unspecified atom stereocenters. The second-order valence-corrected chi connectivity index (χ2v) is 15.4. The molecule has 2 N–H and O–H groups in total. The molecule has 3 aromatic heterocycles. The molecule has 0 saturated heterocycles. The van der Waals surface area contributed by atoms with Gasteiger partial charge in [0.15, 0.2) is 0 Å². The lowest BCUT2D eigenvalue weighted by Crippen LogP contribution is -2.05. The molecule has 59 heavy (non-hydrogen) atoms. The van der Waals surface area contributed by atoms with Crippen LogP contribution < -0.4 is 5.73 Å². The van der Waals surface area contributed by atoms with Crippen LogP contribution in [0.4, 0.5) is 5.00 Å². The maximum Gasteiger partial charge on any atom is 0.118 e. The largest absolute Gasteiger partial charge is 0.327 e. The number of fused-ring (bicyclic) bond motifs is 7. The summed E-state index contributed by atoms with van der Waals surface area (Å²) in [7, 11) is 0. The Labute approximate surface area is 348 Å². The van der Waals surface area contributed by atoms with Crippen molar-refractivity contribution in [1.29, 1.82) is 0 Å². The summed E-state index contributed by atoms with van der Waals surface area (Å²) in [5.74, 6) is 0. The number of nitrogens with zero attached hydrogens (tertiary/aromatic N) is 3. The maximum atomic E-state index is 6.10. The van der Waals surface area contributed by atoms with E-state index in [0.717, 1.165) is 17.1 Å². The van der Waals surface area contributed by atoms with Gasteiger partial charge in [-0.25, -0.2) is 0 Å². The fourth-order valence-corrected chi connectivity index (χ4v) is 9.22. The SMILES string of the molecule is C=C/C(=C\C=C/C)n1c2ccccc2c2cc(-c3ccc4c(c3)c3ccccc3n4CN)ccc21.C=Nc1sccc1Cc1ccccc1-c1cccc2ccccc12. The van der Waals surface area contributed by atoms with Crippen LogP contribution in [0.5, 0.6) is 0 Å². The number of para-hydroxylation sites is 2. The Morgan fingerprint density at radius 3 is 1.97 bits per heavy atom. The number of aromatic nitrogens is 2. The van der Waals surface area contributed by atoms with Crippen molar-refractivity contribution in [3.8, 4) is 22.3 Å². The first-order valence-electron chi connectivity index (χ1n) is 19.9. The van der Waals surface area contributed by atoms with Crippen LogP contribution in [0, 0.1) is 0 Å². The van der Waals surface area contributed by atoms with Gasteiger partial charge in [0.2, 0.25) is 0 Å². The molecule has 0 radical (unpaired) electrons. The van der Waals surface area contributed by atoms with E-state index in [1.807, 2.05) is 19.1 Å². The van der Waals surface area contributed by atoms with Gasteiger partial charge < -0.3 is 14.9 Å². The van der Waals surface area contributed by atoms with E-state index in [2.05, 4.69) is 203 Å². The molecule has 4 nitrogen and oxygen atoms in total. The molecule has 0 bridgehead atoms. The Bertz CT molecular complexity index is 3240. The number of nitrogens with two attached hydrogens (primary N) is 1. The number of aliphatic imine (C=N–C) groups is 1. The quantitative estimate of drug-likeness (QED) is 0.115. The molecule has 0 saturated carbocycles. The van der Waals surface area contributed by atoms with Gasteiger partial charge in [0.25, 0.3) is 0 Å². The lowest BCUT2D eigenvalue weighted by molar-refractivity contribution is 0.791. The zero-order valence-electron chi connectivity index (χ0n) is 33.1. The molecule has 7 aromatic carbocycles. The summed E-state index contributed by atoms with van der Waals surface area (Å²) in [5, 5.41) is 10.6. The molecule has 0 aliphatic heterocycles. The second-order valence-electron chi connectivity index (χ2n) is 14.5. The zero-order valence-corrected chi connectivity index (χ0v) is 33.9. The lowest BCUT2D eigenvalue weighted by Gasteiger charge is -2.12. The topological polar surface area (TPSA) is 48.2 Å². The molecule has 3 heterocycles. The zero-order chi connectivity index (χ0) is 40.3. The van der Waals surface area contributed by atoms with Crippen LogP contribution in [0.1, 0.15) is 18.1 Å². The van der Waals surface area contributed by atoms with Gasteiger partial charge >= 0.3 is 0 Å². The summed E-state index contributed by atoms with van der Waals surface area (Å²) >= 11 is 1.64. The summed E-state index contributed by atoms with van der Waals surface area (Å²) < 4.78 is 4.47. The molecular weight excluding hydrogens is 737 g/mol. The number of hydrogen-bond donors (Lipinski definition) is 1. The minimum atomic E-state index is 0.460. The molecule has 0 fully saturated rings. The fraction of sp³-hybridized carbons (Fsp3) is 0.0556. The summed E-state index contributed by atoms with van der Waals surface area (Å²) in [5.41, 5.74) is 19.4. The van der Waals surface area contributed by atoms with E-state index >= 15 is 0 Å². The average molecular weight is 781 g/mol. The van der Waals surface area contributed by atoms with E-state index < -0.39 is 0 Å². The van der Waals surface area contributed by atoms with Crippen LogP contribution in [0.2, 0.25) is 0 Å². The van der Waals surface area contributed by atoms with Crippen molar-refractivity contribution in [2.75, 3.05) is 0 Å². The molecule has 286 valence electrons. The van der Waals surface area contributed by atoms with Gasteiger partial charge in [-0.3, -0.25) is 4.99 Å². The first-order valence-corrected chi connectivity index (χ1v) is 20.8. The first-order chi connectivity index (χ1) is 29.1. The van der Waals surface area contributed by atoms with Crippen LogP contribution in [0.15, 0.2) is 199 Å². The van der Waals surface area contributed by atoms with E-state index in [1.165, 1.54) is 87.8 Å². The summed E-state index contributed by atoms with van der Waals surface area (Å²) in [6, 6.07) is 56.4. The molecular formula is C54H44N4S. The Hall–Kier alpha value is -7.05. The number of rotatable bonds is 9. The Balaban J connectivity index is 0.000000163. The fourth-order valence-electron chi connectivity index (χ4n) is 8.49. The number of thiophene rings is 1. The summed E-state index contributed by atoms with van der Waals surface area (Å²) in [6.07, 6.45) is 8.98. The minimum Gasteiger partial charge on any atom is -0.327 e. The molecule has 0 aliphatic rings. The molecule has 0 spiro atoms. The van der Waals surface area contributed by atoms with Crippen molar-refractivity contribution >= 4 is 83.1 Å². The van der Waals surface area contributed by atoms with E-state index in [4.69, 9.17) is 5.73 Å². The van der Waals surface area contributed by atoms with Gasteiger partial charge in [0, 0.05) is 33.7 Å². The van der Waals surface area contributed by atoms with Gasteiger partial charge in [-0.05, 0) is 118 Å². The van der Waals surface area contributed by atoms with Gasteiger partial charge in [0.05, 0.1) is 28.7 Å². The van der Waals surface area contributed by atoms with E-state index in [9.17, 15) is 0 Å². The monoisotopic (exact) mass is 780 g/mol. The van der Waals surface area contributed by atoms with E-state index in [1.54, 1.807) is 11.3 Å². The number of allylic oxidation sites excluding steroid dienone is 5. The normalized spacial score (nSPS) is 11.9. The highest BCUT2D eigenvalue weighted by Crippen LogP contribution is 2.38. The Morgan fingerprint density at radius 1 is 0.627 bits per heavy atom. The average Bonchev–Trinajstić information content (AvgIpc) is 3.98. The Morgan fingerprint density at radius 2 is 1.22 bits per heavy atom. The number of benzene rings is 7. The van der Waals surface area contributed by atoms with Crippen molar-refractivity contribution in [3.63, 3.8) is 0 Å². The molecule has 10 aromatic rings. The van der Waals surface area contributed by atoms with Crippen LogP contribution in [-0.4, -0.2) is 15.9 Å². The minimum absolute atomic E-state index is 0.460. The summed E-state index contributed by atoms with van der Waals surface area (Å²) in [4.78, 5) is 4.15. The van der Waals surface area contributed by atoms with Crippen LogP contribution in [-0.2, 0) is 13.1 Å². The Kier molecular flexibility index (Phi) is 10.5. The van der Waals surface area contributed by atoms with Crippen molar-refractivity contribution < 1.29 is 0 Å². The van der Waals surface area contributed by atoms with Crippen molar-refractivity contribution in [3.05, 3.63) is 205 Å². The predicted molar refractivity (Wildman–Crippen MR) is 257 cm³/mol. The molecule has 0 amide bonds. The van der Waals surface area contributed by atoms with Crippen LogP contribution in [0.25, 0.3) is 82.3 Å². The van der Waals surface area contributed by atoms with Crippen molar-refractivity contribution in [2.24, 2.45) is 10.7 Å². The third-order valence-corrected chi connectivity index (χ3v) is 12.1. The highest BCUT2D eigenvalue weighted by Gasteiger charge is 2.15. The lowest BCUT2D eigenvalue weighted by atomic mass is 9.92. The van der Waals surface area contributed by atoms with E-state index in [-0.39, 0.29) is 0 Å². The summed E-state index contributed by atoms with van der Waals surface area (Å²) in [6.45, 7) is 10.2. The van der Waals surface area contributed by atoms with Crippen molar-refractivity contribution in [2.45, 2.75) is 20.0 Å².